The molecule has 3 aromatic heterocycles. The quantitative estimate of drug-likeness (QED) is 0.169. The third kappa shape index (κ3) is 4.13. The second-order valence-corrected chi connectivity index (χ2v) is 11.6. The van der Waals surface area contributed by atoms with Crippen LogP contribution >= 0.6 is 0 Å². The van der Waals surface area contributed by atoms with Crippen molar-refractivity contribution in [1.29, 1.82) is 0 Å². The first kappa shape index (κ1) is 27.4. The van der Waals surface area contributed by atoms with Crippen molar-refractivity contribution in [3.63, 3.8) is 0 Å². The van der Waals surface area contributed by atoms with Gasteiger partial charge in [-0.05, 0) is 0 Å². The number of hydrogen-bond donors (Lipinski definition) is 1. The second kappa shape index (κ2) is 9.91. The summed E-state index contributed by atoms with van der Waals surface area (Å²) in [7, 11) is -5.15. The van der Waals surface area contributed by atoms with Crippen LogP contribution in [0, 0.1) is 0 Å². The summed E-state index contributed by atoms with van der Waals surface area (Å²) >= 11 is 0. The molecule has 1 N–H and O–H groups in total. The molecule has 45 heavy (non-hydrogen) atoms. The monoisotopic (exact) mass is 699 g/mol. The number of fused-ring (bicyclic) bond motifs is 20. The zero-order chi connectivity index (χ0) is 29.6. The molecule has 2 aliphatic rings. The predicted molar refractivity (Wildman–Crippen MR) is 165 cm³/mol. The average molecular weight is 700 g/mol. The molecule has 0 saturated carbocycles. The molecule has 13 heteroatoms. The second-order valence-electron chi connectivity index (χ2n) is 10.3. The Morgan fingerprint density at radius 1 is 0.489 bits per heavy atom. The predicted octanol–water partition coefficient (Wildman–Crippen LogP) is 5.65. The van der Waals surface area contributed by atoms with Gasteiger partial charge in [0, 0.05) is 64.2 Å². The summed E-state index contributed by atoms with van der Waals surface area (Å²) in [6.45, 7) is 0. The van der Waals surface area contributed by atoms with Gasteiger partial charge in [0.05, 0.1) is 0 Å². The first-order valence-corrected chi connectivity index (χ1v) is 15.0. The number of rotatable bonds is 1. The number of benzene rings is 4. The van der Waals surface area contributed by atoms with Gasteiger partial charge in [0.25, 0.3) is 0 Å². The van der Waals surface area contributed by atoms with Gasteiger partial charge < -0.3 is 9.54 Å². The molecule has 0 fully saturated rings. The van der Waals surface area contributed by atoms with Crippen molar-refractivity contribution in [3.05, 3.63) is 97.1 Å². The van der Waals surface area contributed by atoms with Gasteiger partial charge in [-0.3, -0.25) is 0 Å². The van der Waals surface area contributed by atoms with E-state index in [0.717, 1.165) is 10.8 Å². The van der Waals surface area contributed by atoms with Crippen LogP contribution in [0.25, 0.3) is 89.7 Å². The molecule has 0 radical (unpaired) electrons. The van der Waals surface area contributed by atoms with Crippen LogP contribution in [0.5, 0.6) is 0 Å². The Morgan fingerprint density at radius 2 is 0.822 bits per heavy atom. The van der Waals surface area contributed by atoms with Gasteiger partial charge in [0.15, 0.2) is 44.9 Å². The third-order valence-corrected chi connectivity index (χ3v) is 8.58. The van der Waals surface area contributed by atoms with Crippen molar-refractivity contribution in [3.8, 4) is 45.6 Å². The maximum Gasteiger partial charge on any atom is 0.191 e. The fourth-order valence-electron chi connectivity index (χ4n) is 5.88. The molecule has 5 heterocycles. The van der Waals surface area contributed by atoms with E-state index in [1.54, 1.807) is 24.3 Å². The maximum absolute atomic E-state index is 12.9. The third-order valence-electron chi connectivity index (χ3n) is 7.79. The summed E-state index contributed by atoms with van der Waals surface area (Å²) in [4.78, 5) is 32.1. The van der Waals surface area contributed by atoms with Crippen LogP contribution < -0.4 is 0 Å². The van der Waals surface area contributed by atoms with Gasteiger partial charge >= 0.3 is 0 Å². The van der Waals surface area contributed by atoms with Crippen LogP contribution in [-0.2, 0) is 30.7 Å². The molecule has 0 saturated heterocycles. The smallest absolute Gasteiger partial charge is 0.191 e. The molecular weight excluding hydrogens is 683 g/mol. The zero-order valence-electron chi connectivity index (χ0n) is 22.8. The molecule has 0 amide bonds. The number of aromatic amines is 1. The van der Waals surface area contributed by atoms with E-state index in [0.29, 0.717) is 59.9 Å². The van der Waals surface area contributed by atoms with Gasteiger partial charge in [-0.1, -0.05) is 97.1 Å². The van der Waals surface area contributed by atoms with Crippen molar-refractivity contribution >= 4 is 54.4 Å². The molecule has 4 aromatic carbocycles. The van der Waals surface area contributed by atoms with Crippen molar-refractivity contribution in [2.45, 2.75) is 0 Å². The molecule has 2 aliphatic heterocycles. The Balaban J connectivity index is 0.00000300. The van der Waals surface area contributed by atoms with Crippen LogP contribution in [0.3, 0.4) is 0 Å². The Labute approximate surface area is 268 Å². The van der Waals surface area contributed by atoms with Crippen LogP contribution in [0.15, 0.2) is 97.1 Å². The molecule has 7 aromatic rings. The SMILES string of the molecule is O=S(=O)([O-])n1c2nc3nc(nc4[nH]c(nc5nc(nc1c1ccccc12)-c1ccccc1-5)c1ccccc41)-c1ccccc1-3.[Pd]. The van der Waals surface area contributed by atoms with Crippen molar-refractivity contribution < 1.29 is 33.4 Å². The largest absolute Gasteiger partial charge is 0.730 e. The molecule has 0 atom stereocenters. The Hall–Kier alpha value is -5.19. The topological polar surface area (TPSA) is 155 Å². The minimum Gasteiger partial charge on any atom is -0.730 e. The summed E-state index contributed by atoms with van der Waals surface area (Å²) in [6.07, 6.45) is 0. The molecule has 220 valence electrons. The van der Waals surface area contributed by atoms with E-state index in [9.17, 15) is 13.0 Å². The number of aromatic nitrogens is 8. The molecule has 9 rings (SSSR count). The van der Waals surface area contributed by atoms with Crippen molar-refractivity contribution in [1.82, 2.24) is 38.9 Å². The van der Waals surface area contributed by atoms with E-state index in [1.165, 1.54) is 0 Å². The Bertz CT molecular complexity index is 2510. The van der Waals surface area contributed by atoms with Crippen LogP contribution in [-0.4, -0.2) is 51.8 Å². The minimum absolute atomic E-state index is 0. The van der Waals surface area contributed by atoms with Crippen LogP contribution in [0.1, 0.15) is 0 Å². The van der Waals surface area contributed by atoms with Crippen molar-refractivity contribution in [2.75, 3.05) is 0 Å². The van der Waals surface area contributed by atoms with Crippen LogP contribution in [0.4, 0.5) is 0 Å². The normalized spacial score (nSPS) is 12.1. The first-order valence-electron chi connectivity index (χ1n) is 13.6. The van der Waals surface area contributed by atoms with E-state index in [1.807, 2.05) is 72.8 Å². The zero-order valence-corrected chi connectivity index (χ0v) is 25.2. The standard InChI is InChI=1S/C32H18N8O3S.Pd/c41-44(42,43)40-31-23-15-7-8-16-24(23)32(40)39-30-22-14-6-4-12-20(22)28(37-30)35-26-18-10-2-1-9-17(18)25(33-26)34-27-19-11-3-5-13-21(19)29(36-27)38-31;/h1-16H,(H,41,42,43)(H,33,34,35,36,37,38,39);/p-1. The Kier molecular flexibility index (Phi) is 6.03. The molecule has 11 nitrogen and oxygen atoms in total. The summed E-state index contributed by atoms with van der Waals surface area (Å²) in [5.74, 6) is 1.18. The van der Waals surface area contributed by atoms with E-state index in [-0.39, 0.29) is 43.4 Å². The van der Waals surface area contributed by atoms with Gasteiger partial charge in [0.2, 0.25) is 0 Å². The summed E-state index contributed by atoms with van der Waals surface area (Å²) in [5, 5.41) is 2.51. The maximum atomic E-state index is 12.9. The first-order chi connectivity index (χ1) is 21.4. The molecular formula is C32H17N8O3PdS-. The summed E-state index contributed by atoms with van der Waals surface area (Å²) < 4.78 is 39.5. The van der Waals surface area contributed by atoms with Gasteiger partial charge in [-0.25, -0.2) is 42.3 Å². The van der Waals surface area contributed by atoms with Crippen LogP contribution in [0.2, 0.25) is 0 Å². The number of nitrogens with one attached hydrogen (secondary N) is 1. The summed E-state index contributed by atoms with van der Waals surface area (Å²) in [5.41, 5.74) is 3.57. The van der Waals surface area contributed by atoms with Gasteiger partial charge in [-0.2, -0.15) is 0 Å². The van der Waals surface area contributed by atoms with Crippen molar-refractivity contribution in [2.24, 2.45) is 0 Å². The van der Waals surface area contributed by atoms with E-state index in [4.69, 9.17) is 29.9 Å². The Morgan fingerprint density at radius 3 is 1.20 bits per heavy atom. The van der Waals surface area contributed by atoms with Gasteiger partial charge in [0.1, 0.15) is 11.3 Å². The summed E-state index contributed by atoms with van der Waals surface area (Å²) in [6, 6.07) is 29.4. The van der Waals surface area contributed by atoms with Gasteiger partial charge in [-0.15, -0.1) is 0 Å². The molecule has 0 unspecified atom stereocenters. The minimum atomic E-state index is -5.15. The number of hydrogen-bond acceptors (Lipinski definition) is 9. The fourth-order valence-corrected chi connectivity index (χ4v) is 6.58. The van der Waals surface area contributed by atoms with E-state index >= 15 is 0 Å². The van der Waals surface area contributed by atoms with E-state index in [2.05, 4.69) is 4.98 Å². The molecule has 0 aliphatic carbocycles. The molecule has 0 spiro atoms. The molecule has 8 bridgehead atoms. The number of H-pyrrole nitrogens is 1. The average Bonchev–Trinajstić information content (AvgIpc) is 3.75. The fraction of sp³-hybridized carbons (Fsp3) is 0. The number of nitrogens with zero attached hydrogens (tertiary/aromatic N) is 7. The van der Waals surface area contributed by atoms with E-state index < -0.39 is 10.3 Å².